The molecule has 28 heavy (non-hydrogen) atoms. The summed E-state index contributed by atoms with van der Waals surface area (Å²) in [5.74, 6) is 2.53. The zero-order valence-electron chi connectivity index (χ0n) is 15.8. The van der Waals surface area contributed by atoms with E-state index < -0.39 is 0 Å². The Morgan fingerprint density at radius 3 is 2.39 bits per heavy atom. The minimum atomic E-state index is 0.613. The molecule has 6 heteroatoms. The van der Waals surface area contributed by atoms with Gasteiger partial charge in [-0.2, -0.15) is 0 Å². The number of pyridine rings is 3. The second-order valence-corrected chi connectivity index (χ2v) is 6.18. The van der Waals surface area contributed by atoms with Crippen molar-refractivity contribution in [2.24, 2.45) is 0 Å². The number of ether oxygens (including phenoxy) is 3. The van der Waals surface area contributed by atoms with Gasteiger partial charge in [0.15, 0.2) is 17.2 Å². The Balaban J connectivity index is 1.83. The monoisotopic (exact) mass is 373 g/mol. The van der Waals surface area contributed by atoms with Crippen LogP contribution < -0.4 is 14.2 Å². The Kier molecular flexibility index (Phi) is 4.76. The first-order valence-corrected chi connectivity index (χ1v) is 8.76. The van der Waals surface area contributed by atoms with Crippen LogP contribution in [0.25, 0.3) is 22.2 Å². The molecular weight excluding hydrogens is 354 g/mol. The summed E-state index contributed by atoms with van der Waals surface area (Å²) in [6.07, 6.45) is 5.21. The quantitative estimate of drug-likeness (QED) is 0.500. The molecule has 0 saturated heterocycles. The SMILES string of the molecule is COc1cc2nccc(Oc3ccc(C)nc3-c3cccnc3)c2cc1OC. The number of hydrogen-bond donors (Lipinski definition) is 0. The average Bonchev–Trinajstić information content (AvgIpc) is 2.74. The molecule has 0 aliphatic heterocycles. The lowest BCUT2D eigenvalue weighted by atomic mass is 10.1. The first-order chi connectivity index (χ1) is 13.7. The van der Waals surface area contributed by atoms with E-state index in [-0.39, 0.29) is 0 Å². The second kappa shape index (κ2) is 7.52. The first kappa shape index (κ1) is 17.7. The van der Waals surface area contributed by atoms with Gasteiger partial charge in [0.1, 0.15) is 11.4 Å². The van der Waals surface area contributed by atoms with Gasteiger partial charge in [0.2, 0.25) is 0 Å². The third-order valence-electron chi connectivity index (χ3n) is 4.36. The van der Waals surface area contributed by atoms with Crippen LogP contribution in [0.4, 0.5) is 0 Å². The molecular formula is C22H19N3O3. The summed E-state index contributed by atoms with van der Waals surface area (Å²) in [5.41, 5.74) is 3.27. The van der Waals surface area contributed by atoms with Crippen LogP contribution in [-0.2, 0) is 0 Å². The summed E-state index contributed by atoms with van der Waals surface area (Å²) in [7, 11) is 3.20. The molecule has 4 aromatic rings. The minimum absolute atomic E-state index is 0.613. The van der Waals surface area contributed by atoms with Gasteiger partial charge in [-0.05, 0) is 43.3 Å². The Labute approximate surface area is 162 Å². The van der Waals surface area contributed by atoms with Crippen LogP contribution in [-0.4, -0.2) is 29.2 Å². The van der Waals surface area contributed by atoms with Gasteiger partial charge >= 0.3 is 0 Å². The molecule has 4 rings (SSSR count). The maximum atomic E-state index is 6.28. The third kappa shape index (κ3) is 3.32. The van der Waals surface area contributed by atoms with Gasteiger partial charge in [-0.25, -0.2) is 4.98 Å². The fourth-order valence-electron chi connectivity index (χ4n) is 2.99. The van der Waals surface area contributed by atoms with Crippen LogP contribution in [0.1, 0.15) is 5.69 Å². The summed E-state index contributed by atoms with van der Waals surface area (Å²) in [5, 5.41) is 0.817. The Bertz CT molecular complexity index is 1130. The van der Waals surface area contributed by atoms with Gasteiger partial charge in [0.05, 0.1) is 19.7 Å². The number of fused-ring (bicyclic) bond motifs is 1. The van der Waals surface area contributed by atoms with Crippen molar-refractivity contribution in [2.45, 2.75) is 6.92 Å². The van der Waals surface area contributed by atoms with E-state index >= 15 is 0 Å². The highest BCUT2D eigenvalue weighted by Gasteiger charge is 2.14. The number of nitrogens with zero attached hydrogens (tertiary/aromatic N) is 3. The van der Waals surface area contributed by atoms with Crippen LogP contribution >= 0.6 is 0 Å². The first-order valence-electron chi connectivity index (χ1n) is 8.76. The summed E-state index contributed by atoms with van der Waals surface area (Å²) < 4.78 is 17.1. The Morgan fingerprint density at radius 2 is 1.64 bits per heavy atom. The summed E-state index contributed by atoms with van der Waals surface area (Å²) in [6.45, 7) is 1.95. The van der Waals surface area contributed by atoms with Gasteiger partial charge in [-0.3, -0.25) is 9.97 Å². The molecule has 0 atom stereocenters. The van der Waals surface area contributed by atoms with Crippen molar-refractivity contribution < 1.29 is 14.2 Å². The molecule has 0 bridgehead atoms. The van der Waals surface area contributed by atoms with Crippen molar-refractivity contribution in [3.8, 4) is 34.3 Å². The highest BCUT2D eigenvalue weighted by atomic mass is 16.5. The molecule has 6 nitrogen and oxygen atoms in total. The number of methoxy groups -OCH3 is 2. The van der Waals surface area contributed by atoms with E-state index in [1.54, 1.807) is 32.8 Å². The van der Waals surface area contributed by atoms with Gasteiger partial charge in [0, 0.05) is 41.3 Å². The molecule has 0 aliphatic carbocycles. The molecule has 0 fully saturated rings. The highest BCUT2D eigenvalue weighted by Crippen LogP contribution is 2.38. The van der Waals surface area contributed by atoms with Crippen LogP contribution in [0, 0.1) is 6.92 Å². The van der Waals surface area contributed by atoms with E-state index in [2.05, 4.69) is 15.0 Å². The van der Waals surface area contributed by atoms with Crippen LogP contribution in [0.15, 0.2) is 61.1 Å². The molecule has 140 valence electrons. The highest BCUT2D eigenvalue weighted by molar-refractivity contribution is 5.88. The summed E-state index contributed by atoms with van der Waals surface area (Å²) >= 11 is 0. The fourth-order valence-corrected chi connectivity index (χ4v) is 2.99. The Morgan fingerprint density at radius 1 is 0.821 bits per heavy atom. The van der Waals surface area contributed by atoms with Crippen LogP contribution in [0.5, 0.6) is 23.0 Å². The van der Waals surface area contributed by atoms with E-state index in [1.807, 2.05) is 49.4 Å². The van der Waals surface area contributed by atoms with Crippen molar-refractivity contribution in [1.29, 1.82) is 0 Å². The van der Waals surface area contributed by atoms with E-state index in [1.165, 1.54) is 0 Å². The van der Waals surface area contributed by atoms with Crippen LogP contribution in [0.3, 0.4) is 0 Å². The molecule has 0 N–H and O–H groups in total. The average molecular weight is 373 g/mol. The molecule has 3 heterocycles. The predicted octanol–water partition coefficient (Wildman–Crippen LogP) is 4.81. The second-order valence-electron chi connectivity index (χ2n) is 6.18. The summed E-state index contributed by atoms with van der Waals surface area (Å²) in [4.78, 5) is 13.3. The van der Waals surface area contributed by atoms with Crippen molar-refractivity contribution >= 4 is 10.9 Å². The standard InChI is InChI=1S/C22H19N3O3/c1-14-6-7-19(22(25-14)15-5-4-9-23-13-15)28-18-8-10-24-17-12-21(27-3)20(26-2)11-16(17)18/h4-13H,1-3H3. The molecule has 0 unspecified atom stereocenters. The van der Waals surface area contributed by atoms with Crippen molar-refractivity contribution in [3.05, 3.63) is 66.7 Å². The van der Waals surface area contributed by atoms with Gasteiger partial charge < -0.3 is 14.2 Å². The molecule has 0 radical (unpaired) electrons. The zero-order chi connectivity index (χ0) is 19.5. The number of aromatic nitrogens is 3. The topological polar surface area (TPSA) is 66.4 Å². The minimum Gasteiger partial charge on any atom is -0.493 e. The molecule has 3 aromatic heterocycles. The van der Waals surface area contributed by atoms with Crippen molar-refractivity contribution in [3.63, 3.8) is 0 Å². The van der Waals surface area contributed by atoms with E-state index in [0.29, 0.717) is 23.0 Å². The van der Waals surface area contributed by atoms with E-state index in [4.69, 9.17) is 14.2 Å². The van der Waals surface area contributed by atoms with Gasteiger partial charge in [-0.15, -0.1) is 0 Å². The molecule has 0 spiro atoms. The molecule has 0 amide bonds. The van der Waals surface area contributed by atoms with E-state index in [0.717, 1.165) is 27.9 Å². The lowest BCUT2D eigenvalue weighted by Gasteiger charge is -2.14. The zero-order valence-corrected chi connectivity index (χ0v) is 15.8. The maximum absolute atomic E-state index is 6.28. The van der Waals surface area contributed by atoms with Gasteiger partial charge in [-0.1, -0.05) is 0 Å². The summed E-state index contributed by atoms with van der Waals surface area (Å²) in [6, 6.07) is 13.2. The number of benzene rings is 1. The van der Waals surface area contributed by atoms with Crippen LogP contribution in [0.2, 0.25) is 0 Å². The maximum Gasteiger partial charge on any atom is 0.162 e. The predicted molar refractivity (Wildman–Crippen MR) is 107 cm³/mol. The lowest BCUT2D eigenvalue weighted by molar-refractivity contribution is 0.355. The third-order valence-corrected chi connectivity index (χ3v) is 4.36. The molecule has 0 saturated carbocycles. The molecule has 0 aliphatic rings. The molecule has 1 aromatic carbocycles. The lowest BCUT2D eigenvalue weighted by Crippen LogP contribution is -1.96. The smallest absolute Gasteiger partial charge is 0.162 e. The van der Waals surface area contributed by atoms with E-state index in [9.17, 15) is 0 Å². The number of rotatable bonds is 5. The Hall–Kier alpha value is -3.67. The van der Waals surface area contributed by atoms with Crippen molar-refractivity contribution in [1.82, 2.24) is 15.0 Å². The number of hydrogen-bond acceptors (Lipinski definition) is 6. The van der Waals surface area contributed by atoms with Crippen molar-refractivity contribution in [2.75, 3.05) is 14.2 Å². The fraction of sp³-hybridized carbons (Fsp3) is 0.136. The largest absolute Gasteiger partial charge is 0.493 e. The van der Waals surface area contributed by atoms with Gasteiger partial charge in [0.25, 0.3) is 0 Å². The number of aryl methyl sites for hydroxylation is 1. The normalized spacial score (nSPS) is 10.7.